The highest BCUT2D eigenvalue weighted by atomic mass is 32.2. The molecule has 1 atom stereocenters. The Labute approximate surface area is 179 Å². The molecule has 0 aliphatic carbocycles. The molecule has 1 aliphatic heterocycles. The van der Waals surface area contributed by atoms with Crippen LogP contribution in [0.25, 0.3) is 0 Å². The van der Waals surface area contributed by atoms with E-state index in [0.29, 0.717) is 5.69 Å². The van der Waals surface area contributed by atoms with Crippen LogP contribution in [0.15, 0.2) is 33.7 Å². The number of piperazine rings is 1. The summed E-state index contributed by atoms with van der Waals surface area (Å²) < 4.78 is 45.4. The summed E-state index contributed by atoms with van der Waals surface area (Å²) in [5.74, 6) is -0.649. The van der Waals surface area contributed by atoms with Gasteiger partial charge in [0.25, 0.3) is 0 Å². The summed E-state index contributed by atoms with van der Waals surface area (Å²) in [7, 11) is -3.98. The van der Waals surface area contributed by atoms with E-state index >= 15 is 0 Å². The number of nitrogens with one attached hydrogen (secondary N) is 2. The first-order chi connectivity index (χ1) is 14.6. The van der Waals surface area contributed by atoms with Gasteiger partial charge in [0.1, 0.15) is 16.4 Å². The fourth-order valence-corrected chi connectivity index (χ4v) is 4.87. The van der Waals surface area contributed by atoms with Gasteiger partial charge >= 0.3 is 6.03 Å². The number of urea groups is 1. The van der Waals surface area contributed by atoms with E-state index in [9.17, 15) is 22.4 Å². The average Bonchev–Trinajstić information content (AvgIpc) is 3.07. The van der Waals surface area contributed by atoms with Crippen LogP contribution >= 0.6 is 0 Å². The minimum atomic E-state index is -3.98. The Morgan fingerprint density at radius 3 is 2.23 bits per heavy atom. The van der Waals surface area contributed by atoms with E-state index in [4.69, 9.17) is 4.52 Å². The summed E-state index contributed by atoms with van der Waals surface area (Å²) in [6.45, 7) is 5.53. The van der Waals surface area contributed by atoms with Crippen molar-refractivity contribution in [1.29, 1.82) is 0 Å². The zero-order valence-corrected chi connectivity index (χ0v) is 18.2. The molecule has 1 aliphatic rings. The Hall–Kier alpha value is -2.99. The van der Waals surface area contributed by atoms with Crippen molar-refractivity contribution >= 4 is 27.6 Å². The third kappa shape index (κ3) is 5.20. The maximum Gasteiger partial charge on any atom is 0.321 e. The quantitative estimate of drug-likeness (QED) is 0.706. The van der Waals surface area contributed by atoms with Crippen LogP contribution < -0.4 is 10.0 Å². The molecule has 10 nitrogen and oxygen atoms in total. The number of nitrogens with zero attached hydrogens (tertiary/aromatic N) is 3. The predicted octanol–water partition coefficient (Wildman–Crippen LogP) is 1.47. The first-order valence-electron chi connectivity index (χ1n) is 9.64. The van der Waals surface area contributed by atoms with Crippen molar-refractivity contribution in [3.8, 4) is 0 Å². The Balaban J connectivity index is 1.54. The normalized spacial score (nSPS) is 15.6. The molecule has 3 rings (SSSR count). The molecule has 1 aromatic carbocycles. The average molecular weight is 453 g/mol. The van der Waals surface area contributed by atoms with Gasteiger partial charge in [0.2, 0.25) is 15.9 Å². The lowest BCUT2D eigenvalue weighted by molar-refractivity contribution is -0.133. The van der Waals surface area contributed by atoms with E-state index in [2.05, 4.69) is 15.2 Å². The summed E-state index contributed by atoms with van der Waals surface area (Å²) in [5, 5.41) is 6.31. The van der Waals surface area contributed by atoms with Gasteiger partial charge in [0, 0.05) is 31.9 Å². The molecule has 3 amide bonds. The monoisotopic (exact) mass is 453 g/mol. The molecular weight excluding hydrogens is 429 g/mol. The van der Waals surface area contributed by atoms with Gasteiger partial charge in [-0.3, -0.25) is 4.79 Å². The Morgan fingerprint density at radius 2 is 1.68 bits per heavy atom. The van der Waals surface area contributed by atoms with Crippen molar-refractivity contribution in [1.82, 2.24) is 19.7 Å². The predicted molar refractivity (Wildman–Crippen MR) is 109 cm³/mol. The van der Waals surface area contributed by atoms with Crippen LogP contribution in [0, 0.1) is 19.7 Å². The molecular formula is C19H24FN5O5S. The smallest absolute Gasteiger partial charge is 0.321 e. The number of anilines is 1. The molecule has 168 valence electrons. The third-order valence-electron chi connectivity index (χ3n) is 4.91. The summed E-state index contributed by atoms with van der Waals surface area (Å²) in [5.41, 5.74) is 0.678. The molecule has 2 aromatic rings. The summed E-state index contributed by atoms with van der Waals surface area (Å²) >= 11 is 0. The van der Waals surface area contributed by atoms with Gasteiger partial charge in [-0.2, -0.15) is 4.72 Å². The zero-order chi connectivity index (χ0) is 22.8. The largest absolute Gasteiger partial charge is 0.360 e. The van der Waals surface area contributed by atoms with E-state index in [1.807, 2.05) is 0 Å². The molecule has 0 radical (unpaired) electrons. The molecule has 1 saturated heterocycles. The van der Waals surface area contributed by atoms with Crippen LogP contribution in [-0.2, 0) is 14.8 Å². The van der Waals surface area contributed by atoms with E-state index in [1.165, 1.54) is 54.8 Å². The zero-order valence-electron chi connectivity index (χ0n) is 17.4. The van der Waals surface area contributed by atoms with Crippen LogP contribution in [-0.4, -0.2) is 67.5 Å². The third-order valence-corrected chi connectivity index (χ3v) is 6.70. The highest BCUT2D eigenvalue weighted by Crippen LogP contribution is 2.19. The topological polar surface area (TPSA) is 125 Å². The van der Waals surface area contributed by atoms with Gasteiger partial charge < -0.3 is 19.6 Å². The first-order valence-corrected chi connectivity index (χ1v) is 11.1. The number of benzene rings is 1. The van der Waals surface area contributed by atoms with Gasteiger partial charge in [0.15, 0.2) is 5.76 Å². The van der Waals surface area contributed by atoms with Crippen LogP contribution in [0.3, 0.4) is 0 Å². The van der Waals surface area contributed by atoms with Crippen molar-refractivity contribution in [2.24, 2.45) is 0 Å². The Bertz CT molecular complexity index is 1040. The van der Waals surface area contributed by atoms with Gasteiger partial charge in [-0.1, -0.05) is 5.16 Å². The number of aryl methyl sites for hydroxylation is 2. The maximum absolute atomic E-state index is 13.0. The number of sulfonamides is 1. The summed E-state index contributed by atoms with van der Waals surface area (Å²) in [6.07, 6.45) is 0. The molecule has 1 aromatic heterocycles. The minimum absolute atomic E-state index is 0.0746. The SMILES string of the molecule is Cc1noc(C)c1S(=O)(=O)N[C@@H](C)C(=O)N1CCN(C(=O)Nc2ccc(F)cc2)CC1. The van der Waals surface area contributed by atoms with Gasteiger partial charge in [0.05, 0.1) is 6.04 Å². The number of carbonyl (C=O) groups excluding carboxylic acids is 2. The molecule has 0 unspecified atom stereocenters. The highest BCUT2D eigenvalue weighted by Gasteiger charge is 2.32. The first kappa shape index (κ1) is 22.7. The molecule has 31 heavy (non-hydrogen) atoms. The number of hydrogen-bond donors (Lipinski definition) is 2. The molecule has 2 heterocycles. The van der Waals surface area contributed by atoms with Crippen molar-refractivity contribution in [3.05, 3.63) is 41.5 Å². The molecule has 2 N–H and O–H groups in total. The summed E-state index contributed by atoms with van der Waals surface area (Å²) in [4.78, 5) is 28.0. The van der Waals surface area contributed by atoms with E-state index in [1.54, 1.807) is 0 Å². The Kier molecular flexibility index (Phi) is 6.60. The number of hydrogen-bond acceptors (Lipinski definition) is 6. The van der Waals surface area contributed by atoms with Crippen molar-refractivity contribution in [3.63, 3.8) is 0 Å². The minimum Gasteiger partial charge on any atom is -0.360 e. The second-order valence-electron chi connectivity index (χ2n) is 7.25. The van der Waals surface area contributed by atoms with Crippen LogP contribution in [0.1, 0.15) is 18.4 Å². The Morgan fingerprint density at radius 1 is 1.10 bits per heavy atom. The lowest BCUT2D eigenvalue weighted by Crippen LogP contribution is -2.55. The fourth-order valence-electron chi connectivity index (χ4n) is 3.34. The fraction of sp³-hybridized carbons (Fsp3) is 0.421. The molecule has 0 saturated carbocycles. The van der Waals surface area contributed by atoms with Crippen molar-refractivity contribution < 1.29 is 26.9 Å². The molecule has 0 bridgehead atoms. The van der Waals surface area contributed by atoms with E-state index in [0.717, 1.165) is 0 Å². The van der Waals surface area contributed by atoms with E-state index < -0.39 is 27.8 Å². The second-order valence-corrected chi connectivity index (χ2v) is 8.90. The number of halogens is 1. The van der Waals surface area contributed by atoms with E-state index in [-0.39, 0.29) is 48.6 Å². The van der Waals surface area contributed by atoms with Gasteiger partial charge in [-0.25, -0.2) is 17.6 Å². The van der Waals surface area contributed by atoms with Crippen LogP contribution in [0.5, 0.6) is 0 Å². The number of rotatable bonds is 5. The second kappa shape index (κ2) is 9.02. The molecule has 1 fully saturated rings. The highest BCUT2D eigenvalue weighted by molar-refractivity contribution is 7.89. The van der Waals surface area contributed by atoms with Crippen molar-refractivity contribution in [2.75, 3.05) is 31.5 Å². The number of amides is 3. The lowest BCUT2D eigenvalue weighted by atomic mass is 10.2. The van der Waals surface area contributed by atoms with Gasteiger partial charge in [-0.05, 0) is 45.0 Å². The number of aromatic nitrogens is 1. The van der Waals surface area contributed by atoms with Crippen LogP contribution in [0.4, 0.5) is 14.9 Å². The van der Waals surface area contributed by atoms with Gasteiger partial charge in [-0.15, -0.1) is 0 Å². The lowest BCUT2D eigenvalue weighted by Gasteiger charge is -2.35. The van der Waals surface area contributed by atoms with Crippen LogP contribution in [0.2, 0.25) is 0 Å². The number of carbonyl (C=O) groups is 2. The maximum atomic E-state index is 13.0. The molecule has 0 spiro atoms. The molecule has 12 heteroatoms. The summed E-state index contributed by atoms with van der Waals surface area (Å²) in [6, 6.07) is 4.05. The van der Waals surface area contributed by atoms with Crippen molar-refractivity contribution in [2.45, 2.75) is 31.7 Å². The standard InChI is InChI=1S/C19H24FN5O5S/c1-12-17(14(3)30-22-12)31(28,29)23-13(2)18(26)24-8-10-25(11-9-24)19(27)21-16-6-4-15(20)5-7-16/h4-7,13,23H,8-11H2,1-3H3,(H,21,27)/t13-/m0/s1.